The van der Waals surface area contributed by atoms with Gasteiger partial charge in [0.2, 0.25) is 5.13 Å². The summed E-state index contributed by atoms with van der Waals surface area (Å²) >= 11 is 1.51. The summed E-state index contributed by atoms with van der Waals surface area (Å²) in [5, 5.41) is 15.6. The monoisotopic (exact) mass is 347 g/mol. The summed E-state index contributed by atoms with van der Waals surface area (Å²) in [5.74, 6) is 0. The van der Waals surface area contributed by atoms with Crippen molar-refractivity contribution >= 4 is 16.5 Å². The molecule has 0 saturated heterocycles. The van der Waals surface area contributed by atoms with Gasteiger partial charge in [-0.25, -0.2) is 9.97 Å². The van der Waals surface area contributed by atoms with Gasteiger partial charge in [0.25, 0.3) is 0 Å². The fourth-order valence-corrected chi connectivity index (χ4v) is 3.32. The van der Waals surface area contributed by atoms with Gasteiger partial charge in [-0.15, -0.1) is 0 Å². The number of nitrogens with one attached hydrogen (secondary N) is 2. The topological polar surface area (TPSA) is 81.8 Å². The number of hydrazine groups is 1. The van der Waals surface area contributed by atoms with E-state index >= 15 is 0 Å². The van der Waals surface area contributed by atoms with E-state index in [1.807, 2.05) is 58.8 Å². The maximum absolute atomic E-state index is 9.16. The summed E-state index contributed by atoms with van der Waals surface area (Å²) < 4.78 is 1.92. The number of benzene rings is 1. The number of nitriles is 1. The van der Waals surface area contributed by atoms with Gasteiger partial charge in [-0.3, -0.25) is 15.0 Å². The molecule has 2 aromatic heterocycles. The zero-order valence-corrected chi connectivity index (χ0v) is 13.8. The third-order valence-corrected chi connectivity index (χ3v) is 4.47. The number of imidazole rings is 1. The van der Waals surface area contributed by atoms with Crippen LogP contribution < -0.4 is 10.7 Å². The van der Waals surface area contributed by atoms with Gasteiger partial charge in [0.05, 0.1) is 18.0 Å². The summed E-state index contributed by atoms with van der Waals surface area (Å²) in [6, 6.07) is 9.60. The SMILES string of the molecule is N#Cc1cccc(-c2nc(NN3C=CNC=C3)sc2-n2ccnc2)c1. The van der Waals surface area contributed by atoms with Crippen molar-refractivity contribution < 1.29 is 0 Å². The highest BCUT2D eigenvalue weighted by atomic mass is 32.1. The predicted molar refractivity (Wildman–Crippen MR) is 96.3 cm³/mol. The van der Waals surface area contributed by atoms with E-state index in [-0.39, 0.29) is 0 Å². The molecule has 0 spiro atoms. The number of hydrogen-bond donors (Lipinski definition) is 2. The van der Waals surface area contributed by atoms with Crippen LogP contribution in [0, 0.1) is 11.3 Å². The van der Waals surface area contributed by atoms with Crippen molar-refractivity contribution in [1.82, 2.24) is 24.9 Å². The molecule has 0 fully saturated rings. The predicted octanol–water partition coefficient (Wildman–Crippen LogP) is 3.04. The highest BCUT2D eigenvalue weighted by Gasteiger charge is 2.16. The Balaban J connectivity index is 1.76. The van der Waals surface area contributed by atoms with E-state index in [0.717, 1.165) is 21.4 Å². The Kier molecular flexibility index (Phi) is 3.90. The second kappa shape index (κ2) is 6.51. The molecule has 0 atom stereocenters. The van der Waals surface area contributed by atoms with E-state index in [9.17, 15) is 0 Å². The molecule has 7 nitrogen and oxygen atoms in total. The Bertz CT molecular complexity index is 967. The summed E-state index contributed by atoms with van der Waals surface area (Å²) in [5.41, 5.74) is 5.52. The molecule has 1 aromatic carbocycles. The lowest BCUT2D eigenvalue weighted by atomic mass is 10.1. The first-order valence-electron chi connectivity index (χ1n) is 7.47. The van der Waals surface area contributed by atoms with Crippen LogP contribution in [0.4, 0.5) is 5.13 Å². The van der Waals surface area contributed by atoms with Gasteiger partial charge in [0.1, 0.15) is 10.7 Å². The van der Waals surface area contributed by atoms with Crippen LogP contribution in [0.3, 0.4) is 0 Å². The summed E-state index contributed by atoms with van der Waals surface area (Å²) in [6.45, 7) is 0. The number of anilines is 1. The lowest BCUT2D eigenvalue weighted by Gasteiger charge is -2.18. The van der Waals surface area contributed by atoms with E-state index in [4.69, 9.17) is 10.2 Å². The van der Waals surface area contributed by atoms with Crippen molar-refractivity contribution in [3.63, 3.8) is 0 Å². The van der Waals surface area contributed by atoms with Crippen molar-refractivity contribution in [1.29, 1.82) is 5.26 Å². The van der Waals surface area contributed by atoms with E-state index in [0.29, 0.717) is 5.56 Å². The maximum atomic E-state index is 9.16. The van der Waals surface area contributed by atoms with Crippen LogP contribution in [0.2, 0.25) is 0 Å². The van der Waals surface area contributed by atoms with Crippen LogP contribution in [0.15, 0.2) is 67.8 Å². The molecule has 4 rings (SSSR count). The second-order valence-electron chi connectivity index (χ2n) is 5.15. The van der Waals surface area contributed by atoms with Crippen molar-refractivity contribution in [3.05, 3.63) is 73.3 Å². The van der Waals surface area contributed by atoms with Gasteiger partial charge in [-0.1, -0.05) is 23.5 Å². The lowest BCUT2D eigenvalue weighted by Crippen LogP contribution is -2.21. The highest BCUT2D eigenvalue weighted by Crippen LogP contribution is 2.34. The van der Waals surface area contributed by atoms with Crippen molar-refractivity contribution in [2.75, 3.05) is 5.43 Å². The molecule has 25 heavy (non-hydrogen) atoms. The number of hydrogen-bond acceptors (Lipinski definition) is 7. The minimum atomic E-state index is 0.601. The first-order valence-corrected chi connectivity index (χ1v) is 8.29. The summed E-state index contributed by atoms with van der Waals surface area (Å²) in [6.07, 6.45) is 12.7. The summed E-state index contributed by atoms with van der Waals surface area (Å²) in [7, 11) is 0. The largest absolute Gasteiger partial charge is 0.365 e. The first kappa shape index (κ1) is 15.0. The Morgan fingerprint density at radius 3 is 2.88 bits per heavy atom. The fourth-order valence-electron chi connectivity index (χ4n) is 2.38. The molecule has 0 amide bonds. The van der Waals surface area contributed by atoms with E-state index in [2.05, 4.69) is 21.8 Å². The summed E-state index contributed by atoms with van der Waals surface area (Å²) in [4.78, 5) is 8.85. The molecule has 122 valence electrons. The standard InChI is InChI=1S/C17H13N7S/c18-11-13-2-1-3-14(10-13)15-16(23-7-4-20-12-23)25-17(21-15)22-24-8-5-19-6-9-24/h1-10,12,19H,(H,21,22). The van der Waals surface area contributed by atoms with Crippen molar-refractivity contribution in [2.24, 2.45) is 0 Å². The molecule has 3 aromatic rings. The number of aromatic nitrogens is 3. The molecule has 0 unspecified atom stereocenters. The number of nitrogens with zero attached hydrogens (tertiary/aromatic N) is 5. The fraction of sp³-hybridized carbons (Fsp3) is 0. The normalized spacial score (nSPS) is 12.7. The van der Waals surface area contributed by atoms with Crippen LogP contribution in [0.1, 0.15) is 5.56 Å². The van der Waals surface area contributed by atoms with Gasteiger partial charge in [-0.2, -0.15) is 5.26 Å². The Labute approximate surface area is 148 Å². The molecule has 8 heteroatoms. The molecular weight excluding hydrogens is 334 g/mol. The van der Waals surface area contributed by atoms with E-state index < -0.39 is 0 Å². The van der Waals surface area contributed by atoms with Gasteiger partial charge in [0.15, 0.2) is 0 Å². The lowest BCUT2D eigenvalue weighted by molar-refractivity contribution is 0.592. The average molecular weight is 347 g/mol. The van der Waals surface area contributed by atoms with Crippen LogP contribution in [-0.2, 0) is 0 Å². The van der Waals surface area contributed by atoms with Gasteiger partial charge < -0.3 is 5.32 Å². The van der Waals surface area contributed by atoms with Crippen LogP contribution in [0.5, 0.6) is 0 Å². The second-order valence-corrected chi connectivity index (χ2v) is 6.13. The van der Waals surface area contributed by atoms with Crippen LogP contribution in [-0.4, -0.2) is 19.5 Å². The Morgan fingerprint density at radius 2 is 2.12 bits per heavy atom. The Morgan fingerprint density at radius 1 is 1.24 bits per heavy atom. The minimum Gasteiger partial charge on any atom is -0.365 e. The molecular formula is C17H13N7S. The quantitative estimate of drug-likeness (QED) is 0.755. The zero-order valence-electron chi connectivity index (χ0n) is 13.0. The zero-order chi connectivity index (χ0) is 17.1. The number of thiazole rings is 1. The molecule has 0 bridgehead atoms. The molecule has 0 radical (unpaired) electrons. The maximum Gasteiger partial charge on any atom is 0.204 e. The van der Waals surface area contributed by atoms with Crippen molar-refractivity contribution in [2.45, 2.75) is 0 Å². The molecule has 3 heterocycles. The van der Waals surface area contributed by atoms with Gasteiger partial charge >= 0.3 is 0 Å². The third kappa shape index (κ3) is 3.08. The minimum absolute atomic E-state index is 0.601. The van der Waals surface area contributed by atoms with Crippen LogP contribution in [0.25, 0.3) is 16.3 Å². The highest BCUT2D eigenvalue weighted by molar-refractivity contribution is 7.18. The molecule has 1 aliphatic rings. The Hall–Kier alpha value is -3.57. The number of rotatable bonds is 4. The smallest absolute Gasteiger partial charge is 0.204 e. The van der Waals surface area contributed by atoms with Gasteiger partial charge in [0, 0.05) is 42.8 Å². The van der Waals surface area contributed by atoms with E-state index in [1.165, 1.54) is 11.3 Å². The molecule has 0 aliphatic carbocycles. The van der Waals surface area contributed by atoms with Gasteiger partial charge in [-0.05, 0) is 12.1 Å². The van der Waals surface area contributed by atoms with E-state index in [1.54, 1.807) is 18.6 Å². The third-order valence-electron chi connectivity index (χ3n) is 3.50. The molecule has 0 saturated carbocycles. The van der Waals surface area contributed by atoms with Crippen molar-refractivity contribution in [3.8, 4) is 22.3 Å². The van der Waals surface area contributed by atoms with Crippen LogP contribution >= 0.6 is 11.3 Å². The first-order chi connectivity index (χ1) is 12.3. The molecule has 1 aliphatic heterocycles. The molecule has 2 N–H and O–H groups in total. The average Bonchev–Trinajstić information content (AvgIpc) is 3.32.